The van der Waals surface area contributed by atoms with E-state index < -0.39 is 15.6 Å². The first-order valence-corrected chi connectivity index (χ1v) is 8.08. The van der Waals surface area contributed by atoms with Gasteiger partial charge in [-0.1, -0.05) is 23.2 Å². The topological polar surface area (TPSA) is 81.4 Å². The van der Waals surface area contributed by atoms with Crippen molar-refractivity contribution in [2.45, 2.75) is 30.8 Å². The van der Waals surface area contributed by atoms with Crippen LogP contribution in [-0.4, -0.2) is 27.7 Å². The summed E-state index contributed by atoms with van der Waals surface area (Å²) in [5, 5.41) is 0.345. The molecule has 0 fully saturated rings. The van der Waals surface area contributed by atoms with Crippen LogP contribution in [0.5, 0.6) is 0 Å². The van der Waals surface area contributed by atoms with Gasteiger partial charge in [-0.25, -0.2) is 13.1 Å². The van der Waals surface area contributed by atoms with Crippen molar-refractivity contribution in [2.75, 3.05) is 13.7 Å². The van der Waals surface area contributed by atoms with Crippen LogP contribution in [0.25, 0.3) is 0 Å². The molecular formula is C12H18Cl2N2O3S. The van der Waals surface area contributed by atoms with Gasteiger partial charge in [-0.2, -0.15) is 0 Å². The summed E-state index contributed by atoms with van der Waals surface area (Å²) in [7, 11) is -2.33. The number of rotatable bonds is 6. The molecule has 0 aliphatic heterocycles. The molecule has 0 radical (unpaired) electrons. The third kappa shape index (κ3) is 4.31. The van der Waals surface area contributed by atoms with Crippen molar-refractivity contribution in [3.8, 4) is 0 Å². The molecule has 20 heavy (non-hydrogen) atoms. The zero-order valence-electron chi connectivity index (χ0n) is 11.5. The van der Waals surface area contributed by atoms with E-state index in [1.165, 1.54) is 13.2 Å². The monoisotopic (exact) mass is 340 g/mol. The summed E-state index contributed by atoms with van der Waals surface area (Å²) in [6.45, 7) is 3.73. The number of ether oxygens (including phenoxy) is 1. The predicted octanol–water partition coefficient (Wildman–Crippen LogP) is 2.16. The minimum Gasteiger partial charge on any atom is -0.383 e. The van der Waals surface area contributed by atoms with Crippen molar-refractivity contribution >= 4 is 33.2 Å². The molecule has 0 aliphatic carbocycles. The Hall–Kier alpha value is -0.370. The molecule has 0 atom stereocenters. The number of sulfonamides is 1. The molecule has 114 valence electrons. The smallest absolute Gasteiger partial charge is 0.242 e. The largest absolute Gasteiger partial charge is 0.383 e. The van der Waals surface area contributed by atoms with Crippen LogP contribution in [0.15, 0.2) is 17.0 Å². The van der Waals surface area contributed by atoms with Gasteiger partial charge in [0.1, 0.15) is 4.90 Å². The summed E-state index contributed by atoms with van der Waals surface area (Å²) in [5.74, 6) is 0. The van der Waals surface area contributed by atoms with Crippen molar-refractivity contribution in [1.82, 2.24) is 4.72 Å². The van der Waals surface area contributed by atoms with E-state index in [0.717, 1.165) is 0 Å². The Morgan fingerprint density at radius 3 is 2.45 bits per heavy atom. The van der Waals surface area contributed by atoms with E-state index in [1.807, 2.05) is 0 Å². The first-order chi connectivity index (χ1) is 9.13. The fraction of sp³-hybridized carbons (Fsp3) is 0.500. The van der Waals surface area contributed by atoms with Gasteiger partial charge in [-0.15, -0.1) is 0 Å². The lowest BCUT2D eigenvalue weighted by atomic mass is 10.1. The normalized spacial score (nSPS) is 12.7. The Kier molecular flexibility index (Phi) is 5.83. The summed E-state index contributed by atoms with van der Waals surface area (Å²) in [5.41, 5.74) is 5.23. The Bertz CT molecular complexity index is 589. The molecule has 1 rings (SSSR count). The number of hydrogen-bond donors (Lipinski definition) is 2. The summed E-state index contributed by atoms with van der Waals surface area (Å²) in [6, 6.07) is 2.84. The summed E-state index contributed by atoms with van der Waals surface area (Å²) < 4.78 is 32.3. The highest BCUT2D eigenvalue weighted by Crippen LogP contribution is 2.29. The Balaban J connectivity index is 3.26. The number of halogens is 2. The number of benzene rings is 1. The van der Waals surface area contributed by atoms with Crippen molar-refractivity contribution < 1.29 is 13.2 Å². The number of methoxy groups -OCH3 is 1. The molecule has 3 N–H and O–H groups in total. The zero-order valence-corrected chi connectivity index (χ0v) is 13.9. The van der Waals surface area contributed by atoms with Crippen LogP contribution < -0.4 is 10.5 Å². The standard InChI is InChI=1S/C12H18Cl2N2O3S/c1-12(2,7-19-3)16-20(17,18)10-5-9(13)4-8(6-15)11(10)14/h4-5,16H,6-7,15H2,1-3H3. The fourth-order valence-corrected chi connectivity index (χ4v) is 4.11. The highest BCUT2D eigenvalue weighted by Gasteiger charge is 2.28. The van der Waals surface area contributed by atoms with Gasteiger partial charge in [-0.05, 0) is 31.5 Å². The lowest BCUT2D eigenvalue weighted by Gasteiger charge is -2.25. The molecule has 0 heterocycles. The maximum Gasteiger partial charge on any atom is 0.242 e. The van der Waals surface area contributed by atoms with E-state index in [1.54, 1.807) is 19.9 Å². The first kappa shape index (κ1) is 17.7. The molecular weight excluding hydrogens is 323 g/mol. The third-order valence-electron chi connectivity index (χ3n) is 2.50. The van der Waals surface area contributed by atoms with Crippen LogP contribution in [0, 0.1) is 0 Å². The van der Waals surface area contributed by atoms with Crippen LogP contribution in [-0.2, 0) is 21.3 Å². The molecule has 0 saturated heterocycles. The molecule has 0 saturated carbocycles. The molecule has 0 aliphatic rings. The van der Waals surface area contributed by atoms with Crippen LogP contribution in [0.2, 0.25) is 10.0 Å². The lowest BCUT2D eigenvalue weighted by Crippen LogP contribution is -2.46. The lowest BCUT2D eigenvalue weighted by molar-refractivity contribution is 0.141. The maximum atomic E-state index is 12.4. The average Bonchev–Trinajstić information content (AvgIpc) is 2.29. The first-order valence-electron chi connectivity index (χ1n) is 5.84. The molecule has 0 aromatic heterocycles. The fourth-order valence-electron chi connectivity index (χ4n) is 1.77. The molecule has 1 aromatic carbocycles. The molecule has 0 amide bonds. The summed E-state index contributed by atoms with van der Waals surface area (Å²) in [6.07, 6.45) is 0. The number of hydrogen-bond acceptors (Lipinski definition) is 4. The van der Waals surface area contributed by atoms with Gasteiger partial charge < -0.3 is 10.5 Å². The number of nitrogens with two attached hydrogens (primary N) is 1. The van der Waals surface area contributed by atoms with Gasteiger partial charge in [0.05, 0.1) is 17.2 Å². The highest BCUT2D eigenvalue weighted by molar-refractivity contribution is 7.89. The second-order valence-electron chi connectivity index (χ2n) is 5.00. The Labute approximate surface area is 129 Å². The quantitative estimate of drug-likeness (QED) is 0.831. The van der Waals surface area contributed by atoms with Gasteiger partial charge >= 0.3 is 0 Å². The third-order valence-corrected chi connectivity index (χ3v) is 5.00. The molecule has 0 spiro atoms. The van der Waals surface area contributed by atoms with E-state index in [2.05, 4.69) is 4.72 Å². The number of nitrogens with one attached hydrogen (secondary N) is 1. The van der Waals surface area contributed by atoms with E-state index in [-0.39, 0.29) is 28.1 Å². The maximum absolute atomic E-state index is 12.4. The van der Waals surface area contributed by atoms with Crippen molar-refractivity contribution in [1.29, 1.82) is 0 Å². The van der Waals surface area contributed by atoms with E-state index in [9.17, 15) is 8.42 Å². The molecule has 5 nitrogen and oxygen atoms in total. The van der Waals surface area contributed by atoms with Gasteiger partial charge in [0, 0.05) is 18.7 Å². The van der Waals surface area contributed by atoms with Crippen LogP contribution in [0.1, 0.15) is 19.4 Å². The van der Waals surface area contributed by atoms with Gasteiger partial charge in [0.2, 0.25) is 10.0 Å². The average molecular weight is 341 g/mol. The van der Waals surface area contributed by atoms with Crippen molar-refractivity contribution in [3.05, 3.63) is 27.7 Å². The Morgan fingerprint density at radius 2 is 1.95 bits per heavy atom. The van der Waals surface area contributed by atoms with Crippen LogP contribution >= 0.6 is 23.2 Å². The summed E-state index contributed by atoms with van der Waals surface area (Å²) in [4.78, 5) is -0.0868. The second-order valence-corrected chi connectivity index (χ2v) is 7.47. The summed E-state index contributed by atoms with van der Waals surface area (Å²) >= 11 is 12.0. The molecule has 8 heteroatoms. The van der Waals surface area contributed by atoms with Crippen molar-refractivity contribution in [2.24, 2.45) is 5.73 Å². The minimum absolute atomic E-state index is 0.0811. The molecule has 0 unspecified atom stereocenters. The van der Waals surface area contributed by atoms with Gasteiger partial charge in [0.25, 0.3) is 0 Å². The SMILES string of the molecule is COCC(C)(C)NS(=O)(=O)c1cc(Cl)cc(CN)c1Cl. The van der Waals surface area contributed by atoms with Crippen LogP contribution in [0.4, 0.5) is 0 Å². The van der Waals surface area contributed by atoms with Gasteiger partial charge in [0.15, 0.2) is 0 Å². The minimum atomic E-state index is -3.83. The van der Waals surface area contributed by atoms with E-state index in [0.29, 0.717) is 5.56 Å². The highest BCUT2D eigenvalue weighted by atomic mass is 35.5. The second kappa shape index (κ2) is 6.60. The van der Waals surface area contributed by atoms with Crippen LogP contribution in [0.3, 0.4) is 0 Å². The predicted molar refractivity (Wildman–Crippen MR) is 80.6 cm³/mol. The van der Waals surface area contributed by atoms with E-state index in [4.69, 9.17) is 33.7 Å². The van der Waals surface area contributed by atoms with E-state index >= 15 is 0 Å². The van der Waals surface area contributed by atoms with Gasteiger partial charge in [-0.3, -0.25) is 0 Å². The Morgan fingerprint density at radius 1 is 1.35 bits per heavy atom. The molecule has 0 bridgehead atoms. The van der Waals surface area contributed by atoms with Crippen molar-refractivity contribution in [3.63, 3.8) is 0 Å². The zero-order chi connectivity index (χ0) is 15.6. The molecule has 1 aromatic rings.